The van der Waals surface area contributed by atoms with E-state index in [4.69, 9.17) is 0 Å². The van der Waals surface area contributed by atoms with Gasteiger partial charge in [0.05, 0.1) is 11.4 Å². The Bertz CT molecular complexity index is 868. The van der Waals surface area contributed by atoms with Crippen LogP contribution in [0.1, 0.15) is 12.0 Å². The lowest BCUT2D eigenvalue weighted by atomic mass is 10.2. The van der Waals surface area contributed by atoms with Gasteiger partial charge in [0, 0.05) is 29.8 Å². The fraction of sp³-hybridized carbons (Fsp3) is 0.286. The van der Waals surface area contributed by atoms with Crippen LogP contribution in [0.25, 0.3) is 11.4 Å². The van der Waals surface area contributed by atoms with Gasteiger partial charge in [-0.15, -0.1) is 0 Å². The molecule has 3 rings (SSSR count). The summed E-state index contributed by atoms with van der Waals surface area (Å²) in [6.07, 6.45) is 2.79. The number of anilines is 2. The van der Waals surface area contributed by atoms with E-state index in [1.807, 2.05) is 36.4 Å². The highest BCUT2D eigenvalue weighted by molar-refractivity contribution is 9.10. The van der Waals surface area contributed by atoms with Crippen LogP contribution in [0, 0.1) is 0 Å². The molecule has 1 aromatic carbocycles. The number of pyridine rings is 1. The van der Waals surface area contributed by atoms with E-state index in [9.17, 15) is 0 Å². The van der Waals surface area contributed by atoms with Crippen molar-refractivity contribution in [1.29, 1.82) is 0 Å². The molecule has 0 unspecified atom stereocenters. The van der Waals surface area contributed by atoms with E-state index in [-0.39, 0.29) is 0 Å². The summed E-state index contributed by atoms with van der Waals surface area (Å²) in [4.78, 5) is 15.9. The molecule has 0 amide bonds. The predicted molar refractivity (Wildman–Crippen MR) is 118 cm³/mol. The molecule has 0 aliphatic rings. The van der Waals surface area contributed by atoms with Crippen molar-refractivity contribution < 1.29 is 0 Å². The molecule has 2 N–H and O–H groups in total. The van der Waals surface area contributed by atoms with Crippen LogP contribution in [0.2, 0.25) is 0 Å². The summed E-state index contributed by atoms with van der Waals surface area (Å²) >= 11 is 3.47. The van der Waals surface area contributed by atoms with Crippen molar-refractivity contribution in [3.8, 4) is 11.4 Å². The van der Waals surface area contributed by atoms with Gasteiger partial charge in [0.1, 0.15) is 5.82 Å². The maximum Gasteiger partial charge on any atom is 0.225 e. The van der Waals surface area contributed by atoms with Crippen molar-refractivity contribution in [3.05, 3.63) is 64.8 Å². The molecule has 6 nitrogen and oxygen atoms in total. The Hall–Kier alpha value is -2.51. The molecule has 0 saturated carbocycles. The van der Waals surface area contributed by atoms with Crippen LogP contribution >= 0.6 is 15.9 Å². The largest absolute Gasteiger partial charge is 0.366 e. The van der Waals surface area contributed by atoms with Crippen molar-refractivity contribution in [3.63, 3.8) is 0 Å². The standard InChI is InChI=1S/C21H25BrN6/c1-28(2)13-5-12-24-21-26-19(18-6-3-4-11-23-18)14-20(27-21)25-15-16-7-9-17(22)10-8-16/h3-4,6-11,14H,5,12-13,15H2,1-2H3,(H2,24,25,26,27). The monoisotopic (exact) mass is 440 g/mol. The Kier molecular flexibility index (Phi) is 7.33. The second-order valence-corrected chi connectivity index (χ2v) is 7.66. The molecule has 0 atom stereocenters. The minimum Gasteiger partial charge on any atom is -0.366 e. The zero-order chi connectivity index (χ0) is 19.8. The Balaban J connectivity index is 1.75. The van der Waals surface area contributed by atoms with Gasteiger partial charge >= 0.3 is 0 Å². The van der Waals surface area contributed by atoms with Crippen LogP contribution in [0.3, 0.4) is 0 Å². The number of rotatable bonds is 9. The van der Waals surface area contributed by atoms with E-state index < -0.39 is 0 Å². The molecule has 2 aromatic heterocycles. The number of aromatic nitrogens is 3. The summed E-state index contributed by atoms with van der Waals surface area (Å²) in [5, 5.41) is 6.73. The Morgan fingerprint density at radius 2 is 1.79 bits per heavy atom. The topological polar surface area (TPSA) is 66.0 Å². The van der Waals surface area contributed by atoms with E-state index in [0.29, 0.717) is 12.5 Å². The van der Waals surface area contributed by atoms with Crippen LogP contribution in [0.4, 0.5) is 11.8 Å². The van der Waals surface area contributed by atoms with Gasteiger partial charge in [0.15, 0.2) is 0 Å². The molecule has 146 valence electrons. The van der Waals surface area contributed by atoms with Gasteiger partial charge in [-0.3, -0.25) is 4.98 Å². The van der Waals surface area contributed by atoms with E-state index in [2.05, 4.69) is 72.6 Å². The molecule has 0 aliphatic carbocycles. The summed E-state index contributed by atoms with van der Waals surface area (Å²) in [6.45, 7) is 2.52. The SMILES string of the molecule is CN(C)CCCNc1nc(NCc2ccc(Br)cc2)cc(-c2ccccn2)n1. The third-order valence-electron chi connectivity index (χ3n) is 4.11. The van der Waals surface area contributed by atoms with Gasteiger partial charge in [0.25, 0.3) is 0 Å². The minimum atomic E-state index is 0.611. The summed E-state index contributed by atoms with van der Waals surface area (Å²) in [6, 6.07) is 16.0. The van der Waals surface area contributed by atoms with Crippen molar-refractivity contribution >= 4 is 27.7 Å². The third kappa shape index (κ3) is 6.28. The van der Waals surface area contributed by atoms with Gasteiger partial charge in [-0.1, -0.05) is 34.1 Å². The van der Waals surface area contributed by atoms with Gasteiger partial charge in [-0.2, -0.15) is 4.98 Å². The smallest absolute Gasteiger partial charge is 0.225 e. The van der Waals surface area contributed by atoms with Crippen LogP contribution in [0.5, 0.6) is 0 Å². The number of hydrogen-bond donors (Lipinski definition) is 2. The van der Waals surface area contributed by atoms with E-state index in [0.717, 1.165) is 41.2 Å². The van der Waals surface area contributed by atoms with E-state index >= 15 is 0 Å². The molecule has 0 fully saturated rings. The van der Waals surface area contributed by atoms with E-state index in [1.54, 1.807) is 6.20 Å². The first kappa shape index (κ1) is 20.2. The molecule has 3 aromatic rings. The fourth-order valence-electron chi connectivity index (χ4n) is 2.65. The normalized spacial score (nSPS) is 10.9. The molecule has 0 radical (unpaired) electrons. The number of halogens is 1. The molecule has 0 spiro atoms. The zero-order valence-electron chi connectivity index (χ0n) is 16.2. The Morgan fingerprint density at radius 1 is 0.964 bits per heavy atom. The van der Waals surface area contributed by atoms with Crippen molar-refractivity contribution in [2.24, 2.45) is 0 Å². The van der Waals surface area contributed by atoms with E-state index in [1.165, 1.54) is 5.56 Å². The Labute approximate surface area is 174 Å². The second kappa shape index (κ2) is 10.1. The minimum absolute atomic E-state index is 0.611. The van der Waals surface area contributed by atoms with Gasteiger partial charge < -0.3 is 15.5 Å². The number of nitrogens with zero attached hydrogens (tertiary/aromatic N) is 4. The zero-order valence-corrected chi connectivity index (χ0v) is 17.8. The highest BCUT2D eigenvalue weighted by Gasteiger charge is 2.08. The summed E-state index contributed by atoms with van der Waals surface area (Å²) in [5.41, 5.74) is 2.80. The maximum absolute atomic E-state index is 4.64. The molecular formula is C21H25BrN6. The van der Waals surface area contributed by atoms with Gasteiger partial charge in [-0.05, 0) is 56.9 Å². The lowest BCUT2D eigenvalue weighted by molar-refractivity contribution is 0.405. The number of nitrogens with one attached hydrogen (secondary N) is 2. The van der Waals surface area contributed by atoms with Crippen LogP contribution < -0.4 is 10.6 Å². The average Bonchev–Trinajstić information content (AvgIpc) is 2.71. The molecule has 28 heavy (non-hydrogen) atoms. The molecular weight excluding hydrogens is 416 g/mol. The first-order chi connectivity index (χ1) is 13.6. The summed E-state index contributed by atoms with van der Waals surface area (Å²) in [5.74, 6) is 1.38. The average molecular weight is 441 g/mol. The van der Waals surface area contributed by atoms with Crippen molar-refractivity contribution in [2.75, 3.05) is 37.8 Å². The van der Waals surface area contributed by atoms with Crippen LogP contribution in [0.15, 0.2) is 59.2 Å². The maximum atomic E-state index is 4.64. The highest BCUT2D eigenvalue weighted by atomic mass is 79.9. The molecule has 2 heterocycles. The number of hydrogen-bond acceptors (Lipinski definition) is 6. The second-order valence-electron chi connectivity index (χ2n) is 6.74. The first-order valence-electron chi connectivity index (χ1n) is 9.27. The quantitative estimate of drug-likeness (QED) is 0.484. The lowest BCUT2D eigenvalue weighted by Crippen LogP contribution is -2.17. The highest BCUT2D eigenvalue weighted by Crippen LogP contribution is 2.20. The molecule has 7 heteroatoms. The lowest BCUT2D eigenvalue weighted by Gasteiger charge is -2.12. The molecule has 0 bridgehead atoms. The van der Waals surface area contributed by atoms with Crippen molar-refractivity contribution in [2.45, 2.75) is 13.0 Å². The van der Waals surface area contributed by atoms with Crippen LogP contribution in [-0.4, -0.2) is 47.0 Å². The molecule has 0 aliphatic heterocycles. The van der Waals surface area contributed by atoms with Gasteiger partial charge in [-0.25, -0.2) is 4.98 Å². The first-order valence-corrected chi connectivity index (χ1v) is 10.1. The molecule has 0 saturated heterocycles. The predicted octanol–water partition coefficient (Wildman–Crippen LogP) is 4.28. The summed E-state index contributed by atoms with van der Waals surface area (Å²) < 4.78 is 1.07. The summed E-state index contributed by atoms with van der Waals surface area (Å²) in [7, 11) is 4.14. The number of benzene rings is 1. The fourth-order valence-corrected chi connectivity index (χ4v) is 2.92. The Morgan fingerprint density at radius 3 is 2.50 bits per heavy atom. The van der Waals surface area contributed by atoms with Gasteiger partial charge in [0.2, 0.25) is 5.95 Å². The third-order valence-corrected chi connectivity index (χ3v) is 4.63. The van der Waals surface area contributed by atoms with Crippen LogP contribution in [-0.2, 0) is 6.54 Å². The van der Waals surface area contributed by atoms with Crippen molar-refractivity contribution in [1.82, 2.24) is 19.9 Å².